The topological polar surface area (TPSA) is 40.5 Å². The van der Waals surface area contributed by atoms with E-state index >= 15 is 0 Å². The SMILES string of the molecule is CCC1(CC)CCN(CC2(C(=O)O)CCCC2)CC1. The summed E-state index contributed by atoms with van der Waals surface area (Å²) in [5.74, 6) is -0.562. The van der Waals surface area contributed by atoms with Crippen LogP contribution in [0, 0.1) is 10.8 Å². The van der Waals surface area contributed by atoms with Gasteiger partial charge in [0.05, 0.1) is 5.41 Å². The number of carboxylic acid groups (broad SMARTS) is 1. The number of nitrogens with zero attached hydrogens (tertiary/aromatic N) is 1. The van der Waals surface area contributed by atoms with Crippen molar-refractivity contribution in [2.24, 2.45) is 10.8 Å². The van der Waals surface area contributed by atoms with E-state index in [-0.39, 0.29) is 0 Å². The molecule has 1 heterocycles. The van der Waals surface area contributed by atoms with Gasteiger partial charge in [0.1, 0.15) is 0 Å². The van der Waals surface area contributed by atoms with Crippen molar-refractivity contribution in [3.05, 3.63) is 0 Å². The Labute approximate surface area is 117 Å². The molecule has 1 aliphatic carbocycles. The second kappa shape index (κ2) is 5.82. The molecular formula is C16H29NO2. The number of carbonyl (C=O) groups is 1. The number of hydrogen-bond acceptors (Lipinski definition) is 2. The Morgan fingerprint density at radius 1 is 1.05 bits per heavy atom. The van der Waals surface area contributed by atoms with Crippen molar-refractivity contribution < 1.29 is 9.90 Å². The second-order valence-electron chi connectivity index (χ2n) is 6.78. The van der Waals surface area contributed by atoms with E-state index < -0.39 is 11.4 Å². The van der Waals surface area contributed by atoms with E-state index in [0.29, 0.717) is 5.41 Å². The fourth-order valence-electron chi connectivity index (χ4n) is 4.06. The summed E-state index contributed by atoms with van der Waals surface area (Å²) in [6, 6.07) is 0. The molecule has 0 aromatic rings. The van der Waals surface area contributed by atoms with Crippen LogP contribution in [0.15, 0.2) is 0 Å². The van der Waals surface area contributed by atoms with Gasteiger partial charge in [-0.25, -0.2) is 0 Å². The van der Waals surface area contributed by atoms with Crippen LogP contribution in [0.5, 0.6) is 0 Å². The molecule has 0 radical (unpaired) electrons. The van der Waals surface area contributed by atoms with E-state index in [1.807, 2.05) is 0 Å². The molecule has 0 atom stereocenters. The Hall–Kier alpha value is -0.570. The van der Waals surface area contributed by atoms with Crippen molar-refractivity contribution in [2.45, 2.75) is 65.2 Å². The molecule has 1 aliphatic heterocycles. The molecule has 0 aromatic heterocycles. The van der Waals surface area contributed by atoms with Gasteiger partial charge in [0.25, 0.3) is 0 Å². The minimum Gasteiger partial charge on any atom is -0.481 e. The molecule has 19 heavy (non-hydrogen) atoms. The van der Waals surface area contributed by atoms with E-state index in [1.165, 1.54) is 25.7 Å². The highest BCUT2D eigenvalue weighted by molar-refractivity contribution is 5.75. The molecule has 2 rings (SSSR count). The maximum absolute atomic E-state index is 11.6. The van der Waals surface area contributed by atoms with Gasteiger partial charge in [0, 0.05) is 6.54 Å². The third-order valence-electron chi connectivity index (χ3n) is 5.96. The van der Waals surface area contributed by atoms with Crippen LogP contribution in [0.3, 0.4) is 0 Å². The maximum atomic E-state index is 11.6. The Balaban J connectivity index is 1.93. The largest absolute Gasteiger partial charge is 0.481 e. The fraction of sp³-hybridized carbons (Fsp3) is 0.938. The monoisotopic (exact) mass is 267 g/mol. The summed E-state index contributed by atoms with van der Waals surface area (Å²) >= 11 is 0. The minimum absolute atomic E-state index is 0.432. The Morgan fingerprint density at radius 3 is 2.00 bits per heavy atom. The molecule has 0 aromatic carbocycles. The Bertz CT molecular complexity index is 307. The Morgan fingerprint density at radius 2 is 1.58 bits per heavy atom. The first-order valence-corrected chi connectivity index (χ1v) is 8.02. The molecule has 1 N–H and O–H groups in total. The first-order chi connectivity index (χ1) is 9.06. The maximum Gasteiger partial charge on any atom is 0.310 e. The molecule has 0 spiro atoms. The van der Waals surface area contributed by atoms with Crippen LogP contribution in [-0.4, -0.2) is 35.6 Å². The van der Waals surface area contributed by atoms with Gasteiger partial charge < -0.3 is 10.0 Å². The molecule has 0 unspecified atom stereocenters. The third-order valence-corrected chi connectivity index (χ3v) is 5.96. The highest BCUT2D eigenvalue weighted by atomic mass is 16.4. The average Bonchev–Trinajstić information content (AvgIpc) is 2.90. The molecular weight excluding hydrogens is 238 g/mol. The fourth-order valence-corrected chi connectivity index (χ4v) is 4.06. The van der Waals surface area contributed by atoms with Crippen LogP contribution in [0.2, 0.25) is 0 Å². The molecule has 1 saturated carbocycles. The van der Waals surface area contributed by atoms with Gasteiger partial charge >= 0.3 is 5.97 Å². The van der Waals surface area contributed by atoms with Crippen LogP contribution in [0.4, 0.5) is 0 Å². The summed E-state index contributed by atoms with van der Waals surface area (Å²) in [4.78, 5) is 14.0. The van der Waals surface area contributed by atoms with Crippen LogP contribution >= 0.6 is 0 Å². The Kier molecular flexibility index (Phi) is 4.54. The number of hydrogen-bond donors (Lipinski definition) is 1. The van der Waals surface area contributed by atoms with Crippen molar-refractivity contribution >= 4 is 5.97 Å². The number of likely N-dealkylation sites (tertiary alicyclic amines) is 1. The predicted octanol–water partition coefficient (Wildman–Crippen LogP) is 3.53. The predicted molar refractivity (Wildman–Crippen MR) is 77.2 cm³/mol. The normalized spacial score (nSPS) is 26.4. The van der Waals surface area contributed by atoms with Crippen LogP contribution in [-0.2, 0) is 4.79 Å². The molecule has 110 valence electrons. The first-order valence-electron chi connectivity index (χ1n) is 8.02. The summed E-state index contributed by atoms with van der Waals surface area (Å²) in [6.45, 7) is 7.57. The van der Waals surface area contributed by atoms with Crippen molar-refractivity contribution in [3.8, 4) is 0 Å². The number of piperidine rings is 1. The van der Waals surface area contributed by atoms with Gasteiger partial charge in [-0.3, -0.25) is 4.79 Å². The van der Waals surface area contributed by atoms with Gasteiger partial charge in [-0.05, 0) is 44.2 Å². The molecule has 2 fully saturated rings. The minimum atomic E-state index is -0.562. The van der Waals surface area contributed by atoms with E-state index in [2.05, 4.69) is 18.7 Å². The first kappa shape index (κ1) is 14.8. The zero-order valence-electron chi connectivity index (χ0n) is 12.6. The van der Waals surface area contributed by atoms with Gasteiger partial charge in [0.2, 0.25) is 0 Å². The van der Waals surface area contributed by atoms with Crippen molar-refractivity contribution in [1.29, 1.82) is 0 Å². The number of carboxylic acids is 1. The van der Waals surface area contributed by atoms with Gasteiger partial charge in [-0.15, -0.1) is 0 Å². The molecule has 1 saturated heterocycles. The standard InChI is InChI=1S/C16H29NO2/c1-3-15(4-2)9-11-17(12-10-15)13-16(14(18)19)7-5-6-8-16/h3-13H2,1-2H3,(H,18,19). The summed E-state index contributed by atoms with van der Waals surface area (Å²) in [5.41, 5.74) is 0.0982. The summed E-state index contributed by atoms with van der Waals surface area (Å²) in [6.07, 6.45) is 8.97. The smallest absolute Gasteiger partial charge is 0.310 e. The number of aliphatic carboxylic acids is 1. The number of rotatable bonds is 5. The van der Waals surface area contributed by atoms with E-state index in [0.717, 1.165) is 45.3 Å². The lowest BCUT2D eigenvalue weighted by molar-refractivity contribution is -0.150. The summed E-state index contributed by atoms with van der Waals surface area (Å²) in [7, 11) is 0. The molecule has 0 bridgehead atoms. The van der Waals surface area contributed by atoms with Crippen molar-refractivity contribution in [3.63, 3.8) is 0 Å². The van der Waals surface area contributed by atoms with E-state index in [4.69, 9.17) is 0 Å². The third kappa shape index (κ3) is 2.96. The van der Waals surface area contributed by atoms with Crippen LogP contribution in [0.1, 0.15) is 65.2 Å². The van der Waals surface area contributed by atoms with Gasteiger partial charge in [0.15, 0.2) is 0 Å². The summed E-state index contributed by atoms with van der Waals surface area (Å²) < 4.78 is 0. The van der Waals surface area contributed by atoms with Crippen molar-refractivity contribution in [1.82, 2.24) is 4.90 Å². The van der Waals surface area contributed by atoms with E-state index in [9.17, 15) is 9.90 Å². The summed E-state index contributed by atoms with van der Waals surface area (Å²) in [5, 5.41) is 9.56. The average molecular weight is 267 g/mol. The van der Waals surface area contributed by atoms with E-state index in [1.54, 1.807) is 0 Å². The lowest BCUT2D eigenvalue weighted by Crippen LogP contribution is -2.47. The zero-order valence-corrected chi connectivity index (χ0v) is 12.6. The quantitative estimate of drug-likeness (QED) is 0.828. The molecule has 3 nitrogen and oxygen atoms in total. The highest BCUT2D eigenvalue weighted by Gasteiger charge is 2.43. The van der Waals surface area contributed by atoms with Crippen LogP contribution in [0.25, 0.3) is 0 Å². The molecule has 0 amide bonds. The highest BCUT2D eigenvalue weighted by Crippen LogP contribution is 2.42. The van der Waals surface area contributed by atoms with Gasteiger partial charge in [-0.1, -0.05) is 39.5 Å². The lowest BCUT2D eigenvalue weighted by Gasteiger charge is -2.43. The van der Waals surface area contributed by atoms with Crippen LogP contribution < -0.4 is 0 Å². The van der Waals surface area contributed by atoms with Crippen molar-refractivity contribution in [2.75, 3.05) is 19.6 Å². The second-order valence-corrected chi connectivity index (χ2v) is 6.78. The molecule has 3 heteroatoms. The lowest BCUT2D eigenvalue weighted by atomic mass is 9.73. The zero-order chi connectivity index (χ0) is 13.9. The molecule has 2 aliphatic rings. The van der Waals surface area contributed by atoms with Gasteiger partial charge in [-0.2, -0.15) is 0 Å².